The summed E-state index contributed by atoms with van der Waals surface area (Å²) in [7, 11) is 0. The number of benzene rings is 1. The minimum absolute atomic E-state index is 0.130. The summed E-state index contributed by atoms with van der Waals surface area (Å²) < 4.78 is 2.12. The number of halogens is 1. The molecule has 4 rings (SSSR count). The van der Waals surface area contributed by atoms with E-state index >= 15 is 0 Å². The van der Waals surface area contributed by atoms with Crippen LogP contribution in [0, 0.1) is 5.92 Å². The van der Waals surface area contributed by atoms with E-state index in [0.717, 1.165) is 69.7 Å². The van der Waals surface area contributed by atoms with Crippen molar-refractivity contribution >= 4 is 17.5 Å². The molecule has 6 heteroatoms. The summed E-state index contributed by atoms with van der Waals surface area (Å²) in [6, 6.07) is 8.46. The molecule has 0 spiro atoms. The van der Waals surface area contributed by atoms with E-state index in [1.54, 1.807) is 0 Å². The number of carbonyl (C=O) groups excluding carboxylic acids is 1. The first kappa shape index (κ1) is 21.4. The van der Waals surface area contributed by atoms with Crippen LogP contribution in [-0.2, 0) is 25.8 Å². The molecule has 1 aromatic carbocycles. The molecule has 1 aliphatic carbocycles. The number of rotatable bonds is 7. The first-order valence-electron chi connectivity index (χ1n) is 11.4. The van der Waals surface area contributed by atoms with Gasteiger partial charge in [0.25, 0.3) is 5.91 Å². The highest BCUT2D eigenvalue weighted by atomic mass is 35.5. The molecule has 0 bridgehead atoms. The number of hydrogen-bond acceptors (Lipinski definition) is 3. The third-order valence-electron chi connectivity index (χ3n) is 6.22. The first-order valence-corrected chi connectivity index (χ1v) is 11.7. The summed E-state index contributed by atoms with van der Waals surface area (Å²) in [6.07, 6.45) is 6.12. The van der Waals surface area contributed by atoms with Crippen LogP contribution in [0.3, 0.4) is 0 Å². The van der Waals surface area contributed by atoms with E-state index in [0.29, 0.717) is 17.7 Å². The average Bonchev–Trinajstić information content (AvgIpc) is 3.36. The Morgan fingerprint density at radius 1 is 1.30 bits per heavy atom. The molecule has 30 heavy (non-hydrogen) atoms. The van der Waals surface area contributed by atoms with Crippen molar-refractivity contribution in [2.24, 2.45) is 5.92 Å². The van der Waals surface area contributed by atoms with Gasteiger partial charge in [-0.2, -0.15) is 5.10 Å². The maximum absolute atomic E-state index is 13.2. The number of amides is 1. The highest BCUT2D eigenvalue weighted by molar-refractivity contribution is 6.30. The second-order valence-electron chi connectivity index (χ2n) is 9.12. The Kier molecular flexibility index (Phi) is 6.79. The van der Waals surface area contributed by atoms with Crippen LogP contribution in [0.15, 0.2) is 24.3 Å². The van der Waals surface area contributed by atoms with Crippen molar-refractivity contribution in [3.05, 3.63) is 51.8 Å². The van der Waals surface area contributed by atoms with E-state index in [4.69, 9.17) is 16.7 Å². The van der Waals surface area contributed by atoms with Gasteiger partial charge < -0.3 is 10.2 Å². The van der Waals surface area contributed by atoms with Gasteiger partial charge in [-0.25, -0.2) is 0 Å². The van der Waals surface area contributed by atoms with Gasteiger partial charge in [0.15, 0.2) is 5.69 Å². The Balaban J connectivity index is 1.46. The summed E-state index contributed by atoms with van der Waals surface area (Å²) in [5.41, 5.74) is 4.41. The molecule has 2 aromatic rings. The summed E-state index contributed by atoms with van der Waals surface area (Å²) >= 11 is 6.10. The Hall–Kier alpha value is -1.85. The van der Waals surface area contributed by atoms with Gasteiger partial charge in [-0.05, 0) is 68.7 Å². The van der Waals surface area contributed by atoms with Crippen LogP contribution < -0.4 is 5.32 Å². The zero-order valence-corrected chi connectivity index (χ0v) is 18.9. The highest BCUT2D eigenvalue weighted by Crippen LogP contribution is 2.27. The van der Waals surface area contributed by atoms with Crippen molar-refractivity contribution in [1.29, 1.82) is 0 Å². The zero-order chi connectivity index (χ0) is 21.1. The Morgan fingerprint density at radius 3 is 2.83 bits per heavy atom. The second-order valence-corrected chi connectivity index (χ2v) is 9.56. The van der Waals surface area contributed by atoms with Crippen LogP contribution in [0.1, 0.15) is 60.4 Å². The summed E-state index contributed by atoms with van der Waals surface area (Å²) in [5, 5.41) is 9.33. The Morgan fingerprint density at radius 2 is 2.10 bits per heavy atom. The fourth-order valence-electron chi connectivity index (χ4n) is 4.71. The van der Waals surface area contributed by atoms with Crippen molar-refractivity contribution in [2.45, 2.75) is 65.0 Å². The zero-order valence-electron chi connectivity index (χ0n) is 18.2. The average molecular weight is 429 g/mol. The lowest BCUT2D eigenvalue weighted by molar-refractivity contribution is 0.0784. The van der Waals surface area contributed by atoms with E-state index in [9.17, 15) is 4.79 Å². The monoisotopic (exact) mass is 428 g/mol. The third kappa shape index (κ3) is 4.89. The van der Waals surface area contributed by atoms with Crippen molar-refractivity contribution in [3.8, 4) is 0 Å². The number of aromatic nitrogens is 2. The molecule has 1 atom stereocenters. The topological polar surface area (TPSA) is 50.2 Å². The molecule has 1 saturated heterocycles. The van der Waals surface area contributed by atoms with Crippen LogP contribution in [0.2, 0.25) is 5.02 Å². The minimum atomic E-state index is 0.130. The number of likely N-dealkylation sites (tertiary alicyclic amines) is 1. The van der Waals surface area contributed by atoms with Crippen molar-refractivity contribution in [3.63, 3.8) is 0 Å². The van der Waals surface area contributed by atoms with Crippen LogP contribution in [-0.4, -0.2) is 46.3 Å². The molecule has 2 aliphatic rings. The number of hydrogen-bond donors (Lipinski definition) is 1. The Bertz CT molecular complexity index is 885. The maximum atomic E-state index is 13.2. The lowest BCUT2D eigenvalue weighted by atomic mass is 9.90. The molecule has 2 heterocycles. The third-order valence-corrected chi connectivity index (χ3v) is 6.45. The lowest BCUT2D eigenvalue weighted by Gasteiger charge is -2.25. The van der Waals surface area contributed by atoms with Gasteiger partial charge in [-0.3, -0.25) is 9.48 Å². The largest absolute Gasteiger partial charge is 0.337 e. The lowest BCUT2D eigenvalue weighted by Crippen LogP contribution is -2.37. The van der Waals surface area contributed by atoms with Gasteiger partial charge in [-0.15, -0.1) is 0 Å². The van der Waals surface area contributed by atoms with E-state index in [2.05, 4.69) is 29.9 Å². The van der Waals surface area contributed by atoms with Gasteiger partial charge >= 0.3 is 0 Å². The van der Waals surface area contributed by atoms with Crippen LogP contribution >= 0.6 is 11.6 Å². The van der Waals surface area contributed by atoms with Crippen molar-refractivity contribution < 1.29 is 4.79 Å². The minimum Gasteiger partial charge on any atom is -0.337 e. The van der Waals surface area contributed by atoms with Crippen LogP contribution in [0.5, 0.6) is 0 Å². The fourth-order valence-corrected chi connectivity index (χ4v) is 4.93. The molecule has 1 amide bonds. The number of fused-ring (bicyclic) bond motifs is 1. The SMILES string of the molecule is CC(C)Cn1nc(C(=O)N2CCCC2)c2c1CCC(NCCc1cccc(Cl)c1)C2. The van der Waals surface area contributed by atoms with Crippen LogP contribution in [0.25, 0.3) is 0 Å². The quantitative estimate of drug-likeness (QED) is 0.721. The second kappa shape index (κ2) is 9.52. The normalized spacial score (nSPS) is 18.8. The standard InChI is InChI=1S/C24H33ClN4O/c1-17(2)16-29-22-9-8-20(26-11-10-18-6-5-7-19(25)14-18)15-21(22)23(27-29)24(30)28-12-3-4-13-28/h5-7,14,17,20,26H,3-4,8-13,15-16H2,1-2H3. The predicted octanol–water partition coefficient (Wildman–Crippen LogP) is 4.12. The van der Waals surface area contributed by atoms with Gasteiger partial charge in [0.05, 0.1) is 0 Å². The van der Waals surface area contributed by atoms with E-state index < -0.39 is 0 Å². The van der Waals surface area contributed by atoms with Crippen LogP contribution in [0.4, 0.5) is 0 Å². The first-order chi connectivity index (χ1) is 14.5. The maximum Gasteiger partial charge on any atom is 0.274 e. The predicted molar refractivity (Wildman–Crippen MR) is 121 cm³/mol. The molecule has 5 nitrogen and oxygen atoms in total. The molecule has 1 unspecified atom stereocenters. The molecular weight excluding hydrogens is 396 g/mol. The molecule has 162 valence electrons. The van der Waals surface area contributed by atoms with Crippen molar-refractivity contribution in [2.75, 3.05) is 19.6 Å². The summed E-state index contributed by atoms with van der Waals surface area (Å²) in [6.45, 7) is 7.94. The van der Waals surface area contributed by atoms with Gasteiger partial charge in [0, 0.05) is 42.0 Å². The molecule has 0 saturated carbocycles. The van der Waals surface area contributed by atoms with E-state index in [-0.39, 0.29) is 5.91 Å². The van der Waals surface area contributed by atoms with Gasteiger partial charge in [0.2, 0.25) is 0 Å². The number of nitrogens with one attached hydrogen (secondary N) is 1. The molecule has 1 aliphatic heterocycles. The molecule has 1 fully saturated rings. The molecule has 1 aromatic heterocycles. The highest BCUT2D eigenvalue weighted by Gasteiger charge is 2.31. The fraction of sp³-hybridized carbons (Fsp3) is 0.583. The number of carbonyl (C=O) groups is 1. The Labute approximate surface area is 184 Å². The van der Waals surface area contributed by atoms with Gasteiger partial charge in [-0.1, -0.05) is 37.6 Å². The van der Waals surface area contributed by atoms with Gasteiger partial charge in [0.1, 0.15) is 0 Å². The van der Waals surface area contributed by atoms with Crippen molar-refractivity contribution in [1.82, 2.24) is 20.0 Å². The number of nitrogens with zero attached hydrogens (tertiary/aromatic N) is 3. The summed E-state index contributed by atoms with van der Waals surface area (Å²) in [4.78, 5) is 15.2. The molecule has 0 radical (unpaired) electrons. The van der Waals surface area contributed by atoms with E-state index in [1.807, 2.05) is 23.1 Å². The molecular formula is C24H33ClN4O. The smallest absolute Gasteiger partial charge is 0.274 e. The molecule has 1 N–H and O–H groups in total. The van der Waals surface area contributed by atoms with E-state index in [1.165, 1.54) is 16.8 Å². The summed E-state index contributed by atoms with van der Waals surface area (Å²) in [5.74, 6) is 0.642.